The van der Waals surface area contributed by atoms with E-state index >= 15 is 0 Å². The van der Waals surface area contributed by atoms with Gasteiger partial charge in [0, 0.05) is 25.2 Å². The molecule has 160 valence electrons. The monoisotopic (exact) mass is 432 g/mol. The minimum absolute atomic E-state index is 0.0799. The summed E-state index contributed by atoms with van der Waals surface area (Å²) in [5.41, 5.74) is 2.52. The number of nitrogens with zero attached hydrogens (tertiary/aromatic N) is 4. The first-order valence-electron chi connectivity index (χ1n) is 9.85. The third-order valence-electron chi connectivity index (χ3n) is 5.73. The Hall–Kier alpha value is -2.88. The molecule has 2 aromatic rings. The molecule has 9 nitrogen and oxygen atoms in total. The lowest BCUT2D eigenvalue weighted by atomic mass is 10.0. The van der Waals surface area contributed by atoms with Crippen LogP contribution >= 0.6 is 0 Å². The van der Waals surface area contributed by atoms with Crippen LogP contribution in [0, 0.1) is 0 Å². The standard InChI is InChI=1S/C20H24N4O5S/c1-13-10-22(20(26)27)19-8-15(5-6-18(19)24(13)14(2)25)16-9-21-23(11-16)17-4-3-7-30(28,29)12-17/h5-6,8-9,11,13,17H,3-4,7,10,12H2,1-2H3,(H,26,27)/t13-,17+/m0/s1. The molecule has 1 N–H and O–H groups in total. The Kier molecular flexibility index (Phi) is 5.05. The van der Waals surface area contributed by atoms with Crippen molar-refractivity contribution in [1.82, 2.24) is 9.78 Å². The summed E-state index contributed by atoms with van der Waals surface area (Å²) in [6.45, 7) is 3.47. The van der Waals surface area contributed by atoms with Crippen molar-refractivity contribution in [1.29, 1.82) is 0 Å². The van der Waals surface area contributed by atoms with Crippen LogP contribution in [0.5, 0.6) is 0 Å². The zero-order valence-electron chi connectivity index (χ0n) is 16.9. The lowest BCUT2D eigenvalue weighted by molar-refractivity contribution is -0.117. The summed E-state index contributed by atoms with van der Waals surface area (Å²) in [5.74, 6) is 0.155. The van der Waals surface area contributed by atoms with Crippen LogP contribution in [0.2, 0.25) is 0 Å². The summed E-state index contributed by atoms with van der Waals surface area (Å²) in [5, 5.41) is 14.0. The van der Waals surface area contributed by atoms with Crippen LogP contribution in [-0.4, -0.2) is 59.4 Å². The quantitative estimate of drug-likeness (QED) is 0.780. The third-order valence-corrected chi connectivity index (χ3v) is 7.53. The molecule has 1 saturated heterocycles. The number of carboxylic acid groups (broad SMARTS) is 1. The largest absolute Gasteiger partial charge is 0.465 e. The van der Waals surface area contributed by atoms with E-state index in [9.17, 15) is 23.1 Å². The number of rotatable bonds is 2. The summed E-state index contributed by atoms with van der Waals surface area (Å²) >= 11 is 0. The first kappa shape index (κ1) is 20.4. The van der Waals surface area contributed by atoms with Gasteiger partial charge in [-0.1, -0.05) is 6.07 Å². The number of hydrogen-bond donors (Lipinski definition) is 1. The Morgan fingerprint density at radius 1 is 1.20 bits per heavy atom. The van der Waals surface area contributed by atoms with Gasteiger partial charge < -0.3 is 10.0 Å². The second kappa shape index (κ2) is 7.42. The molecule has 2 atom stereocenters. The van der Waals surface area contributed by atoms with E-state index in [2.05, 4.69) is 5.10 Å². The van der Waals surface area contributed by atoms with E-state index in [0.717, 1.165) is 17.5 Å². The number of carbonyl (C=O) groups is 2. The molecule has 0 unspecified atom stereocenters. The number of anilines is 2. The predicted octanol–water partition coefficient (Wildman–Crippen LogP) is 2.54. The third kappa shape index (κ3) is 3.67. The van der Waals surface area contributed by atoms with Crippen molar-refractivity contribution in [3.63, 3.8) is 0 Å². The van der Waals surface area contributed by atoms with Gasteiger partial charge in [0.15, 0.2) is 9.84 Å². The van der Waals surface area contributed by atoms with Gasteiger partial charge in [-0.3, -0.25) is 14.4 Å². The lowest BCUT2D eigenvalue weighted by Gasteiger charge is -2.39. The van der Waals surface area contributed by atoms with Gasteiger partial charge in [-0.05, 0) is 37.5 Å². The Morgan fingerprint density at radius 2 is 1.97 bits per heavy atom. The van der Waals surface area contributed by atoms with Gasteiger partial charge in [-0.2, -0.15) is 5.10 Å². The topological polar surface area (TPSA) is 113 Å². The normalized spacial score (nSPS) is 23.1. The Labute approximate surface area is 174 Å². The van der Waals surface area contributed by atoms with Crippen LogP contribution in [0.25, 0.3) is 11.1 Å². The fourth-order valence-corrected chi connectivity index (χ4v) is 6.04. The molecule has 1 aromatic heterocycles. The fraction of sp³-hybridized carbons (Fsp3) is 0.450. The number of aromatic nitrogens is 2. The van der Waals surface area contributed by atoms with E-state index in [4.69, 9.17) is 0 Å². The summed E-state index contributed by atoms with van der Waals surface area (Å²) in [6.07, 6.45) is 3.75. The van der Waals surface area contributed by atoms with Crippen LogP contribution in [0.15, 0.2) is 30.6 Å². The van der Waals surface area contributed by atoms with E-state index < -0.39 is 15.9 Å². The molecule has 0 aliphatic carbocycles. The molecule has 0 radical (unpaired) electrons. The first-order chi connectivity index (χ1) is 14.2. The van der Waals surface area contributed by atoms with Gasteiger partial charge in [0.2, 0.25) is 5.91 Å². The van der Waals surface area contributed by atoms with Gasteiger partial charge in [0.05, 0.1) is 41.2 Å². The Bertz CT molecular complexity index is 1110. The number of sulfone groups is 1. The van der Waals surface area contributed by atoms with E-state index in [1.807, 2.05) is 13.0 Å². The molecule has 0 bridgehead atoms. The number of amides is 2. The smallest absolute Gasteiger partial charge is 0.411 e. The molecular weight excluding hydrogens is 408 g/mol. The summed E-state index contributed by atoms with van der Waals surface area (Å²) in [4.78, 5) is 26.8. The molecule has 0 spiro atoms. The Balaban J connectivity index is 1.70. The van der Waals surface area contributed by atoms with Gasteiger partial charge in [0.1, 0.15) is 0 Å². The highest BCUT2D eigenvalue weighted by Gasteiger charge is 2.34. The summed E-state index contributed by atoms with van der Waals surface area (Å²) in [6, 6.07) is 4.85. The number of fused-ring (bicyclic) bond motifs is 1. The van der Waals surface area contributed by atoms with E-state index in [-0.39, 0.29) is 36.0 Å². The van der Waals surface area contributed by atoms with Crippen molar-refractivity contribution in [2.75, 3.05) is 27.9 Å². The lowest BCUT2D eigenvalue weighted by Crippen LogP contribution is -2.51. The van der Waals surface area contributed by atoms with Crippen molar-refractivity contribution in [2.45, 2.75) is 38.8 Å². The molecule has 1 fully saturated rings. The Morgan fingerprint density at radius 3 is 2.63 bits per heavy atom. The minimum atomic E-state index is -3.05. The van der Waals surface area contributed by atoms with Crippen LogP contribution in [0.1, 0.15) is 32.7 Å². The zero-order valence-corrected chi connectivity index (χ0v) is 17.7. The molecule has 2 aliphatic rings. The highest BCUT2D eigenvalue weighted by atomic mass is 32.2. The maximum absolute atomic E-state index is 12.1. The van der Waals surface area contributed by atoms with Crippen LogP contribution in [-0.2, 0) is 14.6 Å². The van der Waals surface area contributed by atoms with Crippen LogP contribution in [0.3, 0.4) is 0 Å². The van der Waals surface area contributed by atoms with E-state index in [1.54, 1.807) is 34.1 Å². The zero-order chi connectivity index (χ0) is 21.6. The highest BCUT2D eigenvalue weighted by Crippen LogP contribution is 2.39. The van der Waals surface area contributed by atoms with Crippen molar-refractivity contribution >= 4 is 33.2 Å². The number of carbonyl (C=O) groups excluding carboxylic acids is 1. The highest BCUT2D eigenvalue weighted by molar-refractivity contribution is 7.91. The average molecular weight is 433 g/mol. The van der Waals surface area contributed by atoms with Crippen molar-refractivity contribution < 1.29 is 23.1 Å². The molecule has 2 amide bonds. The molecular formula is C20H24N4O5S. The minimum Gasteiger partial charge on any atom is -0.465 e. The average Bonchev–Trinajstić information content (AvgIpc) is 3.16. The molecule has 30 heavy (non-hydrogen) atoms. The predicted molar refractivity (Wildman–Crippen MR) is 113 cm³/mol. The second-order valence-electron chi connectivity index (χ2n) is 7.95. The van der Waals surface area contributed by atoms with Gasteiger partial charge >= 0.3 is 6.09 Å². The molecule has 10 heteroatoms. The van der Waals surface area contributed by atoms with Crippen molar-refractivity contribution in [2.24, 2.45) is 0 Å². The van der Waals surface area contributed by atoms with E-state index in [1.165, 1.54) is 11.8 Å². The van der Waals surface area contributed by atoms with Crippen molar-refractivity contribution in [3.8, 4) is 11.1 Å². The SMILES string of the molecule is CC(=O)N1c2ccc(-c3cnn([C@@H]4CCCS(=O)(=O)C4)c3)cc2N(C(=O)O)C[C@@H]1C. The number of benzene rings is 1. The van der Waals surface area contributed by atoms with Gasteiger partial charge in [-0.25, -0.2) is 13.2 Å². The molecule has 0 saturated carbocycles. The molecule has 4 rings (SSSR count). The van der Waals surface area contributed by atoms with Gasteiger partial charge in [-0.15, -0.1) is 0 Å². The maximum Gasteiger partial charge on any atom is 0.411 e. The molecule has 1 aromatic carbocycles. The van der Waals surface area contributed by atoms with E-state index in [0.29, 0.717) is 17.8 Å². The first-order valence-corrected chi connectivity index (χ1v) is 11.7. The number of hydrogen-bond acceptors (Lipinski definition) is 5. The summed E-state index contributed by atoms with van der Waals surface area (Å²) in [7, 11) is -3.05. The van der Waals surface area contributed by atoms with Crippen molar-refractivity contribution in [3.05, 3.63) is 30.6 Å². The second-order valence-corrected chi connectivity index (χ2v) is 10.2. The van der Waals surface area contributed by atoms with Crippen LogP contribution < -0.4 is 9.80 Å². The molecule has 3 heterocycles. The maximum atomic E-state index is 12.1. The fourth-order valence-electron chi connectivity index (χ4n) is 4.36. The van der Waals surface area contributed by atoms with Gasteiger partial charge in [0.25, 0.3) is 0 Å². The van der Waals surface area contributed by atoms with Crippen LogP contribution in [0.4, 0.5) is 16.2 Å². The summed E-state index contributed by atoms with van der Waals surface area (Å²) < 4.78 is 25.6. The molecule has 2 aliphatic heterocycles.